The number of amides is 1. The maximum absolute atomic E-state index is 12.6. The monoisotopic (exact) mass is 496 g/mol. The SMILES string of the molecule is Cc1nc2c(c(Oc3cnc4c(ccc5sc6c(c54)NC[C@@H](C)NC6=O)n3)n1)CS(=O)(=O)CC2. The number of fused-ring (bicyclic) bond motifs is 6. The van der Waals surface area contributed by atoms with E-state index in [9.17, 15) is 13.2 Å². The summed E-state index contributed by atoms with van der Waals surface area (Å²) in [4.78, 5) is 31.2. The number of thiophene rings is 1. The fourth-order valence-electron chi connectivity index (χ4n) is 4.33. The molecule has 174 valence electrons. The summed E-state index contributed by atoms with van der Waals surface area (Å²) < 4.78 is 31.3. The van der Waals surface area contributed by atoms with E-state index in [1.807, 2.05) is 19.1 Å². The van der Waals surface area contributed by atoms with Gasteiger partial charge in [-0.15, -0.1) is 11.3 Å². The first-order chi connectivity index (χ1) is 16.3. The van der Waals surface area contributed by atoms with E-state index in [0.717, 1.165) is 15.8 Å². The highest BCUT2D eigenvalue weighted by Crippen LogP contribution is 2.40. The van der Waals surface area contributed by atoms with Gasteiger partial charge in [0, 0.05) is 29.1 Å². The highest BCUT2D eigenvalue weighted by Gasteiger charge is 2.28. The van der Waals surface area contributed by atoms with Crippen molar-refractivity contribution >= 4 is 53.9 Å². The van der Waals surface area contributed by atoms with E-state index < -0.39 is 9.84 Å². The number of sulfone groups is 1. The van der Waals surface area contributed by atoms with Crippen molar-refractivity contribution in [1.82, 2.24) is 25.3 Å². The lowest BCUT2D eigenvalue weighted by atomic mass is 10.1. The number of aromatic nitrogens is 4. The number of rotatable bonds is 2. The first-order valence-electron chi connectivity index (χ1n) is 10.8. The number of carbonyl (C=O) groups excluding carboxylic acids is 1. The summed E-state index contributed by atoms with van der Waals surface area (Å²) in [6.45, 7) is 4.30. The van der Waals surface area contributed by atoms with Crippen LogP contribution in [0.15, 0.2) is 18.3 Å². The van der Waals surface area contributed by atoms with E-state index in [2.05, 4.69) is 30.6 Å². The van der Waals surface area contributed by atoms with Crippen LogP contribution in [0.5, 0.6) is 11.8 Å². The van der Waals surface area contributed by atoms with E-state index in [1.165, 1.54) is 17.5 Å². The highest BCUT2D eigenvalue weighted by atomic mass is 32.2. The van der Waals surface area contributed by atoms with Crippen LogP contribution < -0.4 is 15.4 Å². The molecule has 0 bridgehead atoms. The number of anilines is 1. The molecule has 1 aromatic carbocycles. The minimum atomic E-state index is -3.23. The molecule has 0 spiro atoms. The van der Waals surface area contributed by atoms with Crippen molar-refractivity contribution < 1.29 is 17.9 Å². The van der Waals surface area contributed by atoms with Crippen LogP contribution in [-0.2, 0) is 22.0 Å². The molecule has 0 unspecified atom stereocenters. The Hall–Kier alpha value is -3.38. The predicted octanol–water partition coefficient (Wildman–Crippen LogP) is 2.75. The van der Waals surface area contributed by atoms with Gasteiger partial charge in [0.05, 0.1) is 45.7 Å². The van der Waals surface area contributed by atoms with Crippen LogP contribution in [0, 0.1) is 6.92 Å². The number of carbonyl (C=O) groups is 1. The second-order valence-corrected chi connectivity index (χ2v) is 11.8. The molecule has 1 amide bonds. The molecule has 2 aliphatic heterocycles. The summed E-state index contributed by atoms with van der Waals surface area (Å²) in [7, 11) is -3.23. The summed E-state index contributed by atoms with van der Waals surface area (Å²) >= 11 is 1.41. The van der Waals surface area contributed by atoms with Crippen molar-refractivity contribution in [2.75, 3.05) is 17.6 Å². The minimum Gasteiger partial charge on any atom is -0.419 e. The quantitative estimate of drug-likeness (QED) is 0.429. The summed E-state index contributed by atoms with van der Waals surface area (Å²) in [6, 6.07) is 3.75. The number of nitrogens with zero attached hydrogens (tertiary/aromatic N) is 4. The third-order valence-electron chi connectivity index (χ3n) is 5.89. The van der Waals surface area contributed by atoms with Crippen molar-refractivity contribution in [1.29, 1.82) is 0 Å². The predicted molar refractivity (Wildman–Crippen MR) is 128 cm³/mol. The van der Waals surface area contributed by atoms with Gasteiger partial charge in [-0.2, -0.15) is 4.98 Å². The Balaban J connectivity index is 1.43. The largest absolute Gasteiger partial charge is 0.419 e. The smallest absolute Gasteiger partial charge is 0.263 e. The topological polar surface area (TPSA) is 136 Å². The first-order valence-corrected chi connectivity index (χ1v) is 13.4. The van der Waals surface area contributed by atoms with E-state index in [0.29, 0.717) is 46.0 Å². The van der Waals surface area contributed by atoms with Crippen LogP contribution in [0.1, 0.15) is 33.7 Å². The van der Waals surface area contributed by atoms with E-state index >= 15 is 0 Å². The number of nitrogens with one attached hydrogen (secondary N) is 2. The van der Waals surface area contributed by atoms with Gasteiger partial charge in [-0.25, -0.2) is 23.4 Å². The average molecular weight is 497 g/mol. The molecule has 10 nitrogen and oxygen atoms in total. The second-order valence-electron chi connectivity index (χ2n) is 8.52. The van der Waals surface area contributed by atoms with Crippen molar-refractivity contribution in [3.05, 3.63) is 40.3 Å². The standard InChI is InChI=1S/C22H20N6O4S2/c1-10-7-23-19-17-15(33-20(19)21(29)25-10)4-3-14-18(17)24-8-16(28-14)32-22-12-9-34(30,31)6-5-13(12)26-11(2)27-22/h3-4,8,10,23H,5-7,9H2,1-2H3,(H,25,29)/t10-/m1/s1. The van der Waals surface area contributed by atoms with Crippen LogP contribution in [-0.4, -0.2) is 52.6 Å². The molecular weight excluding hydrogens is 476 g/mol. The summed E-state index contributed by atoms with van der Waals surface area (Å²) in [5, 5.41) is 7.20. The van der Waals surface area contributed by atoms with Crippen LogP contribution in [0.3, 0.4) is 0 Å². The van der Waals surface area contributed by atoms with E-state index in [4.69, 9.17) is 4.74 Å². The molecule has 6 rings (SSSR count). The van der Waals surface area contributed by atoms with Crippen molar-refractivity contribution in [2.45, 2.75) is 32.1 Å². The lowest BCUT2D eigenvalue weighted by Crippen LogP contribution is -2.34. The zero-order chi connectivity index (χ0) is 23.6. The Morgan fingerprint density at radius 1 is 1.21 bits per heavy atom. The van der Waals surface area contributed by atoms with Gasteiger partial charge in [0.25, 0.3) is 5.91 Å². The Labute approximate surface area is 198 Å². The molecule has 2 N–H and O–H groups in total. The number of aryl methyl sites for hydroxylation is 2. The van der Waals surface area contributed by atoms with Gasteiger partial charge in [-0.3, -0.25) is 4.79 Å². The van der Waals surface area contributed by atoms with Crippen LogP contribution in [0.4, 0.5) is 5.69 Å². The average Bonchev–Trinajstić information content (AvgIpc) is 3.10. The molecular formula is C22H20N6O4S2. The van der Waals surface area contributed by atoms with Gasteiger partial charge in [0.15, 0.2) is 9.84 Å². The Kier molecular flexibility index (Phi) is 4.71. The van der Waals surface area contributed by atoms with Gasteiger partial charge >= 0.3 is 0 Å². The number of hydrogen-bond acceptors (Lipinski definition) is 10. The Morgan fingerprint density at radius 2 is 2.06 bits per heavy atom. The molecule has 4 aromatic rings. The molecule has 2 aliphatic rings. The van der Waals surface area contributed by atoms with Crippen molar-refractivity contribution in [3.8, 4) is 11.8 Å². The van der Waals surface area contributed by atoms with Crippen molar-refractivity contribution in [3.63, 3.8) is 0 Å². The van der Waals surface area contributed by atoms with Gasteiger partial charge < -0.3 is 15.4 Å². The van der Waals surface area contributed by atoms with E-state index in [-0.39, 0.29) is 35.2 Å². The van der Waals surface area contributed by atoms with Crippen LogP contribution in [0.25, 0.3) is 21.1 Å². The van der Waals surface area contributed by atoms with Gasteiger partial charge in [0.2, 0.25) is 11.8 Å². The maximum atomic E-state index is 12.6. The number of benzene rings is 1. The first kappa shape index (κ1) is 21.2. The van der Waals surface area contributed by atoms with Gasteiger partial charge in [0.1, 0.15) is 10.7 Å². The van der Waals surface area contributed by atoms with Crippen molar-refractivity contribution in [2.24, 2.45) is 0 Å². The Morgan fingerprint density at radius 3 is 2.91 bits per heavy atom. The zero-order valence-electron chi connectivity index (χ0n) is 18.4. The van der Waals surface area contributed by atoms with Gasteiger partial charge in [-0.1, -0.05) is 0 Å². The summed E-state index contributed by atoms with van der Waals surface area (Å²) in [5.74, 6) is 0.703. The fourth-order valence-corrected chi connectivity index (χ4v) is 6.79. The van der Waals surface area contributed by atoms with Crippen LogP contribution >= 0.6 is 11.3 Å². The molecule has 3 aromatic heterocycles. The summed E-state index contributed by atoms with van der Waals surface area (Å²) in [6.07, 6.45) is 1.83. The molecule has 0 aliphatic carbocycles. The highest BCUT2D eigenvalue weighted by molar-refractivity contribution is 7.90. The zero-order valence-corrected chi connectivity index (χ0v) is 20.0. The third kappa shape index (κ3) is 3.53. The normalized spacial score (nSPS) is 19.1. The Bertz CT molecular complexity index is 1620. The molecule has 0 saturated heterocycles. The molecule has 5 heterocycles. The van der Waals surface area contributed by atoms with E-state index in [1.54, 1.807) is 6.92 Å². The lowest BCUT2D eigenvalue weighted by molar-refractivity contribution is 0.0949. The summed E-state index contributed by atoms with van der Waals surface area (Å²) in [5.41, 5.74) is 3.17. The molecule has 1 atom stereocenters. The lowest BCUT2D eigenvalue weighted by Gasteiger charge is -2.18. The van der Waals surface area contributed by atoms with Crippen LogP contribution in [0.2, 0.25) is 0 Å². The second kappa shape index (κ2) is 7.57. The third-order valence-corrected chi connectivity index (χ3v) is 8.60. The molecule has 0 saturated carbocycles. The number of ether oxygens (including phenoxy) is 1. The fraction of sp³-hybridized carbons (Fsp3) is 0.318. The molecule has 34 heavy (non-hydrogen) atoms. The van der Waals surface area contributed by atoms with Gasteiger partial charge in [-0.05, 0) is 26.0 Å². The maximum Gasteiger partial charge on any atom is 0.263 e. The molecule has 12 heteroatoms. The minimum absolute atomic E-state index is 0.00859. The molecule has 0 radical (unpaired) electrons. The number of hydrogen-bond donors (Lipinski definition) is 2. The molecule has 0 fully saturated rings.